The lowest BCUT2D eigenvalue weighted by Gasteiger charge is -2.09. The molecule has 0 aliphatic heterocycles. The highest BCUT2D eigenvalue weighted by atomic mass is 16.5. The minimum Gasteiger partial charge on any atom is -0.489 e. The van der Waals surface area contributed by atoms with E-state index in [1.807, 2.05) is 18.2 Å². The molecule has 80 valence electrons. The maximum Gasteiger partial charge on any atom is 0.404 e. The Hall–Kier alpha value is -1.97. The van der Waals surface area contributed by atoms with Crippen LogP contribution in [0.3, 0.4) is 0 Å². The number of hydrogen-bond donors (Lipinski definition) is 2. The molecule has 1 rings (SSSR count). The number of amides is 1. The second-order valence-electron chi connectivity index (χ2n) is 2.87. The first-order chi connectivity index (χ1) is 7.24. The fourth-order valence-corrected chi connectivity index (χ4v) is 1.11. The van der Waals surface area contributed by atoms with Gasteiger partial charge in [-0.15, -0.1) is 0 Å². The van der Waals surface area contributed by atoms with Crippen molar-refractivity contribution in [1.29, 1.82) is 0 Å². The summed E-state index contributed by atoms with van der Waals surface area (Å²) in [6.07, 6.45) is 0.593. The Labute approximate surface area is 88.2 Å². The summed E-state index contributed by atoms with van der Waals surface area (Å²) in [5.74, 6) is 0.672. The van der Waals surface area contributed by atoms with Gasteiger partial charge in [0.25, 0.3) is 0 Å². The fourth-order valence-electron chi connectivity index (χ4n) is 1.11. The van der Waals surface area contributed by atoms with E-state index in [-0.39, 0.29) is 6.54 Å². The third-order valence-corrected chi connectivity index (χ3v) is 1.76. The van der Waals surface area contributed by atoms with E-state index in [2.05, 4.69) is 11.9 Å². The number of hydrogen-bond acceptors (Lipinski definition) is 2. The maximum absolute atomic E-state index is 10.3. The van der Waals surface area contributed by atoms with Gasteiger partial charge in [0.1, 0.15) is 12.4 Å². The first kappa shape index (κ1) is 11.1. The van der Waals surface area contributed by atoms with Gasteiger partial charge < -0.3 is 15.2 Å². The van der Waals surface area contributed by atoms with Crippen LogP contribution in [0.1, 0.15) is 5.56 Å². The zero-order chi connectivity index (χ0) is 11.1. The number of ether oxygens (including phenoxy) is 1. The van der Waals surface area contributed by atoms with Gasteiger partial charge in [-0.05, 0) is 6.07 Å². The Bertz CT molecular complexity index is 349. The first-order valence-electron chi connectivity index (χ1n) is 4.52. The lowest BCUT2D eigenvalue weighted by atomic mass is 10.2. The van der Waals surface area contributed by atoms with Crippen molar-refractivity contribution in [1.82, 2.24) is 5.32 Å². The molecule has 0 aromatic heterocycles. The van der Waals surface area contributed by atoms with Crippen molar-refractivity contribution in [2.45, 2.75) is 6.54 Å². The highest BCUT2D eigenvalue weighted by Gasteiger charge is 2.03. The molecular weight excluding hydrogens is 194 g/mol. The van der Waals surface area contributed by atoms with Gasteiger partial charge >= 0.3 is 6.09 Å². The predicted molar refractivity (Wildman–Crippen MR) is 57.0 cm³/mol. The normalized spacial score (nSPS) is 9.33. The Morgan fingerprint density at radius 1 is 1.53 bits per heavy atom. The van der Waals surface area contributed by atoms with E-state index in [1.54, 1.807) is 12.1 Å². The minimum absolute atomic E-state index is 0.239. The molecule has 0 aliphatic carbocycles. The molecule has 0 fully saturated rings. The number of carboxylic acid groups (broad SMARTS) is 1. The highest BCUT2D eigenvalue weighted by molar-refractivity contribution is 5.64. The maximum atomic E-state index is 10.3. The van der Waals surface area contributed by atoms with Crippen LogP contribution in [0.2, 0.25) is 0 Å². The van der Waals surface area contributed by atoms with Crippen molar-refractivity contribution in [2.24, 2.45) is 0 Å². The van der Waals surface area contributed by atoms with E-state index in [9.17, 15) is 4.79 Å². The van der Waals surface area contributed by atoms with E-state index >= 15 is 0 Å². The van der Waals surface area contributed by atoms with E-state index in [1.165, 1.54) is 0 Å². The first-order valence-corrected chi connectivity index (χ1v) is 4.52. The molecule has 0 atom stereocenters. The molecule has 0 saturated carbocycles. The van der Waals surface area contributed by atoms with Gasteiger partial charge in [0, 0.05) is 12.1 Å². The largest absolute Gasteiger partial charge is 0.489 e. The Morgan fingerprint density at radius 3 is 2.93 bits per heavy atom. The molecule has 1 aromatic carbocycles. The average Bonchev–Trinajstić information content (AvgIpc) is 2.24. The number of nitrogens with one attached hydrogen (secondary N) is 1. The minimum atomic E-state index is -1.05. The van der Waals surface area contributed by atoms with Crippen molar-refractivity contribution in [2.75, 3.05) is 6.61 Å². The molecule has 0 saturated heterocycles. The molecular formula is C11H13NO3. The standard InChI is InChI=1S/C11H13NO3/c1-2-7-15-10-6-4-3-5-9(10)8-12-11(13)14/h2-6,12H,1,7-8H2,(H,13,14). The number of para-hydroxylation sites is 1. The smallest absolute Gasteiger partial charge is 0.404 e. The third-order valence-electron chi connectivity index (χ3n) is 1.76. The van der Waals surface area contributed by atoms with Gasteiger partial charge in [-0.3, -0.25) is 0 Å². The van der Waals surface area contributed by atoms with Crippen LogP contribution in [0.5, 0.6) is 5.75 Å². The molecule has 0 bridgehead atoms. The van der Waals surface area contributed by atoms with Crippen LogP contribution in [0.15, 0.2) is 36.9 Å². The van der Waals surface area contributed by atoms with E-state index in [0.717, 1.165) is 5.56 Å². The van der Waals surface area contributed by atoms with Crippen LogP contribution < -0.4 is 10.1 Å². The van der Waals surface area contributed by atoms with E-state index in [0.29, 0.717) is 12.4 Å². The number of benzene rings is 1. The summed E-state index contributed by atoms with van der Waals surface area (Å²) in [4.78, 5) is 10.3. The molecule has 0 unspecified atom stereocenters. The zero-order valence-corrected chi connectivity index (χ0v) is 8.27. The van der Waals surface area contributed by atoms with Crippen molar-refractivity contribution in [3.05, 3.63) is 42.5 Å². The fraction of sp³-hybridized carbons (Fsp3) is 0.182. The topological polar surface area (TPSA) is 58.6 Å². The van der Waals surface area contributed by atoms with E-state index in [4.69, 9.17) is 9.84 Å². The molecule has 15 heavy (non-hydrogen) atoms. The molecule has 4 heteroatoms. The van der Waals surface area contributed by atoms with Gasteiger partial charge in [-0.1, -0.05) is 30.9 Å². The molecule has 2 N–H and O–H groups in total. The second-order valence-corrected chi connectivity index (χ2v) is 2.87. The van der Waals surface area contributed by atoms with Crippen molar-refractivity contribution in [3.8, 4) is 5.75 Å². The summed E-state index contributed by atoms with van der Waals surface area (Å²) in [5, 5.41) is 10.8. The van der Waals surface area contributed by atoms with Gasteiger partial charge in [0.15, 0.2) is 0 Å². The summed E-state index contributed by atoms with van der Waals surface area (Å²) in [6, 6.07) is 7.28. The monoisotopic (exact) mass is 207 g/mol. The average molecular weight is 207 g/mol. The molecule has 0 radical (unpaired) electrons. The zero-order valence-electron chi connectivity index (χ0n) is 8.27. The van der Waals surface area contributed by atoms with Gasteiger partial charge in [-0.25, -0.2) is 4.79 Å². The van der Waals surface area contributed by atoms with E-state index < -0.39 is 6.09 Å². The second kappa shape index (κ2) is 5.70. The Kier molecular flexibility index (Phi) is 4.22. The summed E-state index contributed by atoms with van der Waals surface area (Å²) < 4.78 is 5.37. The summed E-state index contributed by atoms with van der Waals surface area (Å²) in [5.41, 5.74) is 0.807. The Morgan fingerprint density at radius 2 is 2.27 bits per heavy atom. The number of carbonyl (C=O) groups is 1. The van der Waals surface area contributed by atoms with Gasteiger partial charge in [0.05, 0.1) is 0 Å². The van der Waals surface area contributed by atoms with Crippen LogP contribution in [-0.2, 0) is 6.54 Å². The molecule has 1 aromatic rings. The quantitative estimate of drug-likeness (QED) is 0.726. The molecule has 0 aliphatic rings. The summed E-state index contributed by atoms with van der Waals surface area (Å²) >= 11 is 0. The van der Waals surface area contributed by atoms with Crippen LogP contribution in [0.4, 0.5) is 4.79 Å². The van der Waals surface area contributed by atoms with Crippen LogP contribution in [-0.4, -0.2) is 17.8 Å². The lowest BCUT2D eigenvalue weighted by Crippen LogP contribution is -2.20. The summed E-state index contributed by atoms with van der Waals surface area (Å²) in [6.45, 7) is 4.19. The van der Waals surface area contributed by atoms with Crippen molar-refractivity contribution in [3.63, 3.8) is 0 Å². The SMILES string of the molecule is C=CCOc1ccccc1CNC(=O)O. The molecule has 1 amide bonds. The lowest BCUT2D eigenvalue weighted by molar-refractivity contribution is 0.194. The van der Waals surface area contributed by atoms with Crippen LogP contribution in [0.25, 0.3) is 0 Å². The molecule has 0 heterocycles. The van der Waals surface area contributed by atoms with Gasteiger partial charge in [-0.2, -0.15) is 0 Å². The van der Waals surface area contributed by atoms with Crippen molar-refractivity contribution >= 4 is 6.09 Å². The Balaban J connectivity index is 2.67. The molecule has 0 spiro atoms. The summed E-state index contributed by atoms with van der Waals surface area (Å²) in [7, 11) is 0. The van der Waals surface area contributed by atoms with Crippen molar-refractivity contribution < 1.29 is 14.6 Å². The predicted octanol–water partition coefficient (Wildman–Crippen LogP) is 2.02. The van der Waals surface area contributed by atoms with Crippen LogP contribution in [0, 0.1) is 0 Å². The molecule has 4 nitrogen and oxygen atoms in total. The third kappa shape index (κ3) is 3.72. The van der Waals surface area contributed by atoms with Crippen LogP contribution >= 0.6 is 0 Å². The van der Waals surface area contributed by atoms with Gasteiger partial charge in [0.2, 0.25) is 0 Å². The number of rotatable bonds is 5. The highest BCUT2D eigenvalue weighted by Crippen LogP contribution is 2.17.